The lowest BCUT2D eigenvalue weighted by Gasteiger charge is -2.21. The van der Waals surface area contributed by atoms with Crippen molar-refractivity contribution in [2.24, 2.45) is 5.92 Å². The van der Waals surface area contributed by atoms with Crippen LogP contribution in [0.3, 0.4) is 0 Å². The fraction of sp³-hybridized carbons (Fsp3) is 0.846. The van der Waals surface area contributed by atoms with E-state index < -0.39 is 6.04 Å². The summed E-state index contributed by atoms with van der Waals surface area (Å²) in [5, 5.41) is 5.46. The number of hydrogen-bond acceptors (Lipinski definition) is 3. The third kappa shape index (κ3) is 10.1. The Morgan fingerprint density at radius 3 is 2.00 bits per heavy atom. The number of hydrogen-bond donors (Lipinski definition) is 2. The highest BCUT2D eigenvalue weighted by Gasteiger charge is 2.22. The Hall–Kier alpha value is -1.10. The fourth-order valence-electron chi connectivity index (χ4n) is 1.27. The topological polar surface area (TPSA) is 61.4 Å². The first kappa shape index (κ1) is 19.2. The van der Waals surface area contributed by atoms with Crippen molar-refractivity contribution < 1.29 is 9.59 Å². The van der Waals surface area contributed by atoms with Gasteiger partial charge in [-0.3, -0.25) is 9.59 Å². The maximum absolute atomic E-state index is 11.8. The molecule has 108 valence electrons. The van der Waals surface area contributed by atoms with Gasteiger partial charge in [0.15, 0.2) is 0 Å². The minimum Gasteiger partial charge on any atom is -0.353 e. The van der Waals surface area contributed by atoms with Crippen LogP contribution in [0.15, 0.2) is 0 Å². The lowest BCUT2D eigenvalue weighted by Crippen LogP contribution is -2.50. The van der Waals surface area contributed by atoms with Gasteiger partial charge >= 0.3 is 0 Å². The minimum absolute atomic E-state index is 0.0863. The average Bonchev–Trinajstić information content (AvgIpc) is 2.27. The van der Waals surface area contributed by atoms with Crippen molar-refractivity contribution in [1.82, 2.24) is 15.5 Å². The van der Waals surface area contributed by atoms with Crippen molar-refractivity contribution in [3.63, 3.8) is 0 Å². The summed E-state index contributed by atoms with van der Waals surface area (Å²) in [6, 6.07) is -0.445. The molecule has 0 heterocycles. The second-order valence-corrected chi connectivity index (χ2v) is 4.52. The number of carbonyl (C=O) groups excluding carboxylic acids is 2. The standard InChI is InChI=1S/C11H23N3O2.C2H6/c1-8(2)10(13-9(3)15)11(16)12-6-7-14(4)5;1-2/h8,10H,6-7H2,1-5H3,(H,12,16)(H,13,15);1-2H3. The molecule has 1 unspecified atom stereocenters. The molecule has 5 heteroatoms. The smallest absolute Gasteiger partial charge is 0.242 e. The van der Waals surface area contributed by atoms with Crippen LogP contribution in [0.25, 0.3) is 0 Å². The van der Waals surface area contributed by atoms with E-state index in [0.29, 0.717) is 6.54 Å². The molecule has 5 nitrogen and oxygen atoms in total. The van der Waals surface area contributed by atoms with Gasteiger partial charge in [0, 0.05) is 20.0 Å². The highest BCUT2D eigenvalue weighted by atomic mass is 16.2. The molecule has 0 saturated heterocycles. The summed E-state index contributed by atoms with van der Waals surface area (Å²) in [5.74, 6) is -0.211. The maximum atomic E-state index is 11.8. The quantitative estimate of drug-likeness (QED) is 0.743. The van der Waals surface area contributed by atoms with Crippen LogP contribution in [-0.2, 0) is 9.59 Å². The second kappa shape index (κ2) is 11.0. The number of rotatable bonds is 6. The summed E-state index contributed by atoms with van der Waals surface area (Å²) < 4.78 is 0. The van der Waals surface area contributed by atoms with Crippen LogP contribution in [0.1, 0.15) is 34.6 Å². The van der Waals surface area contributed by atoms with E-state index in [4.69, 9.17) is 0 Å². The molecule has 0 aliphatic rings. The van der Waals surface area contributed by atoms with Gasteiger partial charge in [-0.05, 0) is 20.0 Å². The molecule has 0 aliphatic carbocycles. The highest BCUT2D eigenvalue weighted by Crippen LogP contribution is 2.01. The molecule has 1 atom stereocenters. The predicted octanol–water partition coefficient (Wildman–Crippen LogP) is 0.851. The van der Waals surface area contributed by atoms with Crippen LogP contribution in [0, 0.1) is 5.92 Å². The van der Waals surface area contributed by atoms with Gasteiger partial charge in [0.2, 0.25) is 11.8 Å². The van der Waals surface area contributed by atoms with Gasteiger partial charge in [0.05, 0.1) is 0 Å². The Labute approximate surface area is 111 Å². The molecule has 0 bridgehead atoms. The van der Waals surface area contributed by atoms with Crippen molar-refractivity contribution >= 4 is 11.8 Å². The number of carbonyl (C=O) groups is 2. The molecule has 2 N–H and O–H groups in total. The zero-order valence-corrected chi connectivity index (χ0v) is 12.8. The van der Waals surface area contributed by atoms with Gasteiger partial charge in [-0.15, -0.1) is 0 Å². The molecule has 0 fully saturated rings. The molecule has 0 saturated carbocycles. The first-order chi connectivity index (χ1) is 8.34. The normalized spacial score (nSPS) is 11.6. The van der Waals surface area contributed by atoms with Crippen LogP contribution in [-0.4, -0.2) is 49.9 Å². The van der Waals surface area contributed by atoms with E-state index in [2.05, 4.69) is 10.6 Å². The van der Waals surface area contributed by atoms with Crippen LogP contribution in [0.2, 0.25) is 0 Å². The summed E-state index contributed by atoms with van der Waals surface area (Å²) >= 11 is 0. The van der Waals surface area contributed by atoms with Crippen LogP contribution in [0.4, 0.5) is 0 Å². The number of likely N-dealkylation sites (N-methyl/N-ethyl adjacent to an activating group) is 1. The van der Waals surface area contributed by atoms with Gasteiger partial charge in [0.25, 0.3) is 0 Å². The third-order valence-corrected chi connectivity index (χ3v) is 2.17. The van der Waals surface area contributed by atoms with E-state index >= 15 is 0 Å². The Bertz CT molecular complexity index is 240. The molecular formula is C13H29N3O2. The summed E-state index contributed by atoms with van der Waals surface area (Å²) in [4.78, 5) is 24.7. The SMILES string of the molecule is CC.CC(=O)NC(C(=O)NCCN(C)C)C(C)C. The van der Waals surface area contributed by atoms with E-state index in [1.807, 2.05) is 46.7 Å². The summed E-state index contributed by atoms with van der Waals surface area (Å²) in [6.45, 7) is 10.6. The zero-order valence-electron chi connectivity index (χ0n) is 12.8. The second-order valence-electron chi connectivity index (χ2n) is 4.52. The number of amides is 2. The van der Waals surface area contributed by atoms with Crippen molar-refractivity contribution in [1.29, 1.82) is 0 Å². The van der Waals surface area contributed by atoms with Gasteiger partial charge in [-0.1, -0.05) is 27.7 Å². The lowest BCUT2D eigenvalue weighted by atomic mass is 10.0. The van der Waals surface area contributed by atoms with Gasteiger partial charge < -0.3 is 15.5 Å². The molecule has 0 radical (unpaired) electrons. The van der Waals surface area contributed by atoms with Gasteiger partial charge in [-0.25, -0.2) is 0 Å². The fourth-order valence-corrected chi connectivity index (χ4v) is 1.27. The predicted molar refractivity (Wildman–Crippen MR) is 75.4 cm³/mol. The zero-order chi connectivity index (χ0) is 14.7. The molecule has 0 aromatic carbocycles. The van der Waals surface area contributed by atoms with E-state index in [-0.39, 0.29) is 17.7 Å². The molecule has 0 spiro atoms. The molecule has 0 aliphatic heterocycles. The van der Waals surface area contributed by atoms with Crippen molar-refractivity contribution in [2.45, 2.75) is 40.7 Å². The molecule has 2 amide bonds. The van der Waals surface area contributed by atoms with E-state index in [1.54, 1.807) is 0 Å². The number of nitrogens with one attached hydrogen (secondary N) is 2. The van der Waals surface area contributed by atoms with Crippen molar-refractivity contribution in [3.05, 3.63) is 0 Å². The largest absolute Gasteiger partial charge is 0.353 e. The first-order valence-electron chi connectivity index (χ1n) is 6.54. The summed E-state index contributed by atoms with van der Waals surface area (Å²) in [6.07, 6.45) is 0. The number of nitrogens with zero attached hydrogens (tertiary/aromatic N) is 1. The Morgan fingerprint density at radius 2 is 1.67 bits per heavy atom. The first-order valence-corrected chi connectivity index (χ1v) is 6.54. The molecule has 0 aromatic rings. The van der Waals surface area contributed by atoms with Crippen LogP contribution < -0.4 is 10.6 Å². The van der Waals surface area contributed by atoms with E-state index in [1.165, 1.54) is 6.92 Å². The third-order valence-electron chi connectivity index (χ3n) is 2.17. The van der Waals surface area contributed by atoms with Gasteiger partial charge in [0.1, 0.15) is 6.04 Å². The highest BCUT2D eigenvalue weighted by molar-refractivity contribution is 5.86. The van der Waals surface area contributed by atoms with Gasteiger partial charge in [-0.2, -0.15) is 0 Å². The Morgan fingerprint density at radius 1 is 1.17 bits per heavy atom. The van der Waals surface area contributed by atoms with Crippen molar-refractivity contribution in [3.8, 4) is 0 Å². The molecular weight excluding hydrogens is 230 g/mol. The monoisotopic (exact) mass is 259 g/mol. The van der Waals surface area contributed by atoms with Crippen molar-refractivity contribution in [2.75, 3.05) is 27.2 Å². The molecule has 0 aromatic heterocycles. The lowest BCUT2D eigenvalue weighted by molar-refractivity contribution is -0.129. The maximum Gasteiger partial charge on any atom is 0.242 e. The minimum atomic E-state index is -0.445. The summed E-state index contributed by atoms with van der Waals surface area (Å²) in [5.41, 5.74) is 0. The van der Waals surface area contributed by atoms with E-state index in [9.17, 15) is 9.59 Å². The van der Waals surface area contributed by atoms with Crippen LogP contribution >= 0.6 is 0 Å². The van der Waals surface area contributed by atoms with Crippen LogP contribution in [0.5, 0.6) is 0 Å². The molecule has 0 rings (SSSR count). The Kier molecular flexibility index (Phi) is 11.8. The summed E-state index contributed by atoms with van der Waals surface area (Å²) in [7, 11) is 3.89. The Balaban J connectivity index is 0. The average molecular weight is 259 g/mol. The molecule has 18 heavy (non-hydrogen) atoms. The van der Waals surface area contributed by atoms with E-state index in [0.717, 1.165) is 6.54 Å².